The van der Waals surface area contributed by atoms with Crippen molar-refractivity contribution >= 4 is 0 Å². The third-order valence-electron chi connectivity index (χ3n) is 3.03. The van der Waals surface area contributed by atoms with Gasteiger partial charge in [-0.25, -0.2) is 0 Å². The Kier molecular flexibility index (Phi) is 5.25. The summed E-state index contributed by atoms with van der Waals surface area (Å²) in [4.78, 5) is 0. The van der Waals surface area contributed by atoms with E-state index in [0.29, 0.717) is 12.1 Å². The van der Waals surface area contributed by atoms with Gasteiger partial charge in [0, 0.05) is 6.54 Å². The largest absolute Gasteiger partial charge is 0.394 e. The fraction of sp³-hybridized carbons (Fsp3) is 0.462. The maximum atomic E-state index is 9.18. The Hall–Kier alpha value is -1.45. The molecule has 4 N–H and O–H groups in total. The number of rotatable bonds is 6. The van der Waals surface area contributed by atoms with Gasteiger partial charge in [0.2, 0.25) is 0 Å². The maximum absolute atomic E-state index is 9.18. The van der Waals surface area contributed by atoms with Crippen molar-refractivity contribution in [2.24, 2.45) is 0 Å². The van der Waals surface area contributed by atoms with Gasteiger partial charge in [-0.1, -0.05) is 6.07 Å². The topological polar surface area (TPSA) is 96.5 Å². The molecule has 5 heteroatoms. The summed E-state index contributed by atoms with van der Waals surface area (Å²) < 4.78 is 0. The first-order chi connectivity index (χ1) is 8.60. The highest BCUT2D eigenvalue weighted by molar-refractivity contribution is 5.37. The van der Waals surface area contributed by atoms with Gasteiger partial charge in [0.15, 0.2) is 0 Å². The molecule has 0 heterocycles. The first-order valence-electron chi connectivity index (χ1n) is 5.68. The Bertz CT molecular complexity index is 428. The molecule has 1 aromatic carbocycles. The molecular weight excluding hydrogens is 232 g/mol. The predicted octanol–water partition coefficient (Wildman–Crippen LogP) is -0.328. The van der Waals surface area contributed by atoms with Crippen LogP contribution in [-0.2, 0) is 6.54 Å². The van der Waals surface area contributed by atoms with E-state index in [1.807, 2.05) is 13.0 Å². The first kappa shape index (κ1) is 14.6. The Morgan fingerprint density at radius 3 is 2.28 bits per heavy atom. The normalized spacial score (nSPS) is 11.3. The average molecular weight is 250 g/mol. The van der Waals surface area contributed by atoms with Gasteiger partial charge in [0.25, 0.3) is 0 Å². The van der Waals surface area contributed by atoms with Crippen LogP contribution in [0.25, 0.3) is 0 Å². The van der Waals surface area contributed by atoms with E-state index in [9.17, 15) is 15.3 Å². The van der Waals surface area contributed by atoms with E-state index in [4.69, 9.17) is 5.26 Å². The molecule has 0 aliphatic heterocycles. The van der Waals surface area contributed by atoms with Crippen molar-refractivity contribution in [3.8, 4) is 6.07 Å². The molecule has 0 aromatic heterocycles. The van der Waals surface area contributed by atoms with Crippen LogP contribution >= 0.6 is 0 Å². The maximum Gasteiger partial charge on any atom is 0.0991 e. The van der Waals surface area contributed by atoms with Crippen LogP contribution in [0, 0.1) is 18.3 Å². The van der Waals surface area contributed by atoms with Crippen molar-refractivity contribution in [2.45, 2.75) is 19.0 Å². The van der Waals surface area contributed by atoms with Crippen molar-refractivity contribution in [1.82, 2.24) is 5.32 Å². The van der Waals surface area contributed by atoms with Crippen molar-refractivity contribution in [2.75, 3.05) is 19.8 Å². The molecule has 0 bridgehead atoms. The van der Waals surface area contributed by atoms with Gasteiger partial charge >= 0.3 is 0 Å². The number of aliphatic hydroxyl groups is 3. The highest BCUT2D eigenvalue weighted by Crippen LogP contribution is 2.12. The summed E-state index contributed by atoms with van der Waals surface area (Å²) in [6, 6.07) is 7.36. The predicted molar refractivity (Wildman–Crippen MR) is 66.7 cm³/mol. The molecule has 1 rings (SSSR count). The molecule has 0 spiro atoms. The van der Waals surface area contributed by atoms with Crippen LogP contribution < -0.4 is 5.32 Å². The Morgan fingerprint density at radius 1 is 1.22 bits per heavy atom. The molecule has 0 saturated heterocycles. The van der Waals surface area contributed by atoms with Gasteiger partial charge in [-0.2, -0.15) is 5.26 Å². The molecule has 0 atom stereocenters. The summed E-state index contributed by atoms with van der Waals surface area (Å²) in [5.41, 5.74) is 1.41. The zero-order valence-corrected chi connectivity index (χ0v) is 10.3. The summed E-state index contributed by atoms with van der Waals surface area (Å²) in [7, 11) is 0. The summed E-state index contributed by atoms with van der Waals surface area (Å²) in [6.07, 6.45) is 0. The minimum Gasteiger partial charge on any atom is -0.394 e. The number of aliphatic hydroxyl groups excluding tert-OH is 3. The fourth-order valence-corrected chi connectivity index (χ4v) is 1.56. The summed E-state index contributed by atoms with van der Waals surface area (Å²) in [5.74, 6) is 0. The molecule has 0 saturated carbocycles. The monoisotopic (exact) mass is 250 g/mol. The molecule has 0 radical (unpaired) electrons. The van der Waals surface area contributed by atoms with E-state index in [1.54, 1.807) is 12.1 Å². The number of nitriles is 1. The summed E-state index contributed by atoms with van der Waals surface area (Å²) >= 11 is 0. The van der Waals surface area contributed by atoms with E-state index in [-0.39, 0.29) is 19.8 Å². The quantitative estimate of drug-likeness (QED) is 0.554. The second-order valence-corrected chi connectivity index (χ2v) is 4.36. The number of nitrogens with one attached hydrogen (secondary N) is 1. The van der Waals surface area contributed by atoms with Crippen molar-refractivity contribution in [3.63, 3.8) is 0 Å². The lowest BCUT2D eigenvalue weighted by Gasteiger charge is -2.29. The van der Waals surface area contributed by atoms with E-state index in [1.165, 1.54) is 0 Å². The Labute approximate surface area is 106 Å². The lowest BCUT2D eigenvalue weighted by atomic mass is 10.0. The lowest BCUT2D eigenvalue weighted by molar-refractivity contribution is 0.0413. The second kappa shape index (κ2) is 6.47. The standard InChI is InChI=1S/C13H18N2O3/c1-10-4-11(5-14)2-3-12(10)6-15-13(7-16,8-17)9-18/h2-4,15-18H,6-9H2,1H3. The van der Waals surface area contributed by atoms with Crippen molar-refractivity contribution < 1.29 is 15.3 Å². The van der Waals surface area contributed by atoms with Gasteiger partial charge < -0.3 is 20.6 Å². The number of nitrogens with zero attached hydrogens (tertiary/aromatic N) is 1. The van der Waals surface area contributed by atoms with E-state index < -0.39 is 5.54 Å². The number of hydrogen-bond donors (Lipinski definition) is 4. The molecule has 0 fully saturated rings. The van der Waals surface area contributed by atoms with Gasteiger partial charge in [-0.05, 0) is 30.2 Å². The third-order valence-corrected chi connectivity index (χ3v) is 3.03. The lowest BCUT2D eigenvalue weighted by Crippen LogP contribution is -2.54. The van der Waals surface area contributed by atoms with Crippen molar-refractivity contribution in [1.29, 1.82) is 5.26 Å². The zero-order chi connectivity index (χ0) is 13.6. The molecule has 0 aliphatic rings. The van der Waals surface area contributed by atoms with Gasteiger partial charge in [0.05, 0.1) is 37.0 Å². The van der Waals surface area contributed by atoms with Crippen LogP contribution in [0.15, 0.2) is 18.2 Å². The Balaban J connectivity index is 2.77. The van der Waals surface area contributed by atoms with E-state index in [0.717, 1.165) is 11.1 Å². The first-order valence-corrected chi connectivity index (χ1v) is 5.68. The highest BCUT2D eigenvalue weighted by atomic mass is 16.3. The Morgan fingerprint density at radius 2 is 1.83 bits per heavy atom. The van der Waals surface area contributed by atoms with Gasteiger partial charge in [-0.3, -0.25) is 0 Å². The molecule has 0 amide bonds. The molecule has 0 aliphatic carbocycles. The molecule has 5 nitrogen and oxygen atoms in total. The zero-order valence-electron chi connectivity index (χ0n) is 10.3. The SMILES string of the molecule is Cc1cc(C#N)ccc1CNC(CO)(CO)CO. The van der Waals surface area contributed by atoms with Crippen molar-refractivity contribution in [3.05, 3.63) is 34.9 Å². The van der Waals surface area contributed by atoms with Crippen LogP contribution in [0.1, 0.15) is 16.7 Å². The molecule has 98 valence electrons. The van der Waals surface area contributed by atoms with Crippen LogP contribution in [-0.4, -0.2) is 40.7 Å². The fourth-order valence-electron chi connectivity index (χ4n) is 1.56. The highest BCUT2D eigenvalue weighted by Gasteiger charge is 2.27. The molecular formula is C13H18N2O3. The minimum absolute atomic E-state index is 0.352. The smallest absolute Gasteiger partial charge is 0.0991 e. The van der Waals surface area contributed by atoms with Crippen LogP contribution in [0.5, 0.6) is 0 Å². The molecule has 18 heavy (non-hydrogen) atoms. The average Bonchev–Trinajstić information content (AvgIpc) is 2.42. The second-order valence-electron chi connectivity index (χ2n) is 4.36. The van der Waals surface area contributed by atoms with E-state index >= 15 is 0 Å². The van der Waals surface area contributed by atoms with Gasteiger partial charge in [-0.15, -0.1) is 0 Å². The van der Waals surface area contributed by atoms with Crippen LogP contribution in [0.4, 0.5) is 0 Å². The number of benzene rings is 1. The van der Waals surface area contributed by atoms with Crippen LogP contribution in [0.3, 0.4) is 0 Å². The molecule has 1 aromatic rings. The minimum atomic E-state index is -1.08. The van der Waals surface area contributed by atoms with Crippen LogP contribution in [0.2, 0.25) is 0 Å². The number of aryl methyl sites for hydroxylation is 1. The van der Waals surface area contributed by atoms with Gasteiger partial charge in [0.1, 0.15) is 0 Å². The number of hydrogen-bond acceptors (Lipinski definition) is 5. The summed E-state index contributed by atoms with van der Waals surface area (Å²) in [6.45, 7) is 1.23. The summed E-state index contributed by atoms with van der Waals surface area (Å²) in [5, 5.41) is 39.2. The van der Waals surface area contributed by atoms with E-state index in [2.05, 4.69) is 11.4 Å². The molecule has 0 unspecified atom stereocenters. The third kappa shape index (κ3) is 3.28.